The van der Waals surface area contributed by atoms with Crippen LogP contribution in [-0.2, 0) is 21.3 Å². The topological polar surface area (TPSA) is 93.5 Å². The summed E-state index contributed by atoms with van der Waals surface area (Å²) in [6, 6.07) is 5.83. The van der Waals surface area contributed by atoms with Gasteiger partial charge in [-0.25, -0.2) is 12.7 Å². The average molecular weight is 392 g/mol. The van der Waals surface area contributed by atoms with E-state index in [-0.39, 0.29) is 16.9 Å². The zero-order valence-corrected chi connectivity index (χ0v) is 16.3. The molecular weight excluding hydrogens is 368 g/mol. The van der Waals surface area contributed by atoms with Gasteiger partial charge in [-0.2, -0.15) is 5.10 Å². The van der Waals surface area contributed by atoms with Crippen LogP contribution in [0.15, 0.2) is 41.6 Å². The van der Waals surface area contributed by atoms with Gasteiger partial charge in [-0.1, -0.05) is 0 Å². The number of ether oxygens (including phenoxy) is 1. The average Bonchev–Trinajstić information content (AvgIpc) is 3.09. The van der Waals surface area contributed by atoms with Crippen molar-refractivity contribution < 1.29 is 17.9 Å². The molecule has 1 saturated heterocycles. The standard InChI is InChI=1S/C18H24N4O4S/c1-21(2)27(24,25)17-8-6-14(7-9-17)18(23)20-15-11-19-22(12-15)13-16-5-3-4-10-26-16/h6-9,11-12,16H,3-5,10,13H2,1-2H3,(H,20,23). The van der Waals surface area contributed by atoms with Crippen molar-refractivity contribution in [1.82, 2.24) is 14.1 Å². The summed E-state index contributed by atoms with van der Waals surface area (Å²) in [7, 11) is -0.584. The van der Waals surface area contributed by atoms with E-state index in [2.05, 4.69) is 10.4 Å². The SMILES string of the molecule is CN(C)S(=O)(=O)c1ccc(C(=O)Nc2cnn(CC3CCCCO3)c2)cc1. The van der Waals surface area contributed by atoms with Crippen LogP contribution in [0.25, 0.3) is 0 Å². The lowest BCUT2D eigenvalue weighted by molar-refractivity contribution is 0.00400. The van der Waals surface area contributed by atoms with Gasteiger partial charge in [0, 0.05) is 32.5 Å². The summed E-state index contributed by atoms with van der Waals surface area (Å²) < 4.78 is 32.7. The van der Waals surface area contributed by atoms with Crippen LogP contribution < -0.4 is 5.32 Å². The molecule has 1 atom stereocenters. The van der Waals surface area contributed by atoms with Crippen LogP contribution in [0.2, 0.25) is 0 Å². The highest BCUT2D eigenvalue weighted by molar-refractivity contribution is 7.89. The smallest absolute Gasteiger partial charge is 0.255 e. The van der Waals surface area contributed by atoms with E-state index < -0.39 is 10.0 Å². The van der Waals surface area contributed by atoms with Crippen molar-refractivity contribution in [3.8, 4) is 0 Å². The third kappa shape index (κ3) is 4.74. The quantitative estimate of drug-likeness (QED) is 0.811. The summed E-state index contributed by atoms with van der Waals surface area (Å²) in [5.74, 6) is -0.322. The predicted molar refractivity (Wildman–Crippen MR) is 101 cm³/mol. The Balaban J connectivity index is 1.62. The van der Waals surface area contributed by atoms with Crippen LogP contribution in [-0.4, -0.2) is 55.2 Å². The van der Waals surface area contributed by atoms with E-state index in [0.29, 0.717) is 17.8 Å². The minimum atomic E-state index is -3.51. The zero-order chi connectivity index (χ0) is 19.4. The van der Waals surface area contributed by atoms with E-state index in [0.717, 1.165) is 30.2 Å². The lowest BCUT2D eigenvalue weighted by atomic mass is 10.1. The van der Waals surface area contributed by atoms with Gasteiger partial charge in [0.2, 0.25) is 10.0 Å². The number of carbonyl (C=O) groups excluding carboxylic acids is 1. The molecule has 2 heterocycles. The van der Waals surface area contributed by atoms with Crippen LogP contribution in [0.3, 0.4) is 0 Å². The Morgan fingerprint density at radius 2 is 2.04 bits per heavy atom. The first-order valence-corrected chi connectivity index (χ1v) is 10.3. The van der Waals surface area contributed by atoms with Gasteiger partial charge in [0.25, 0.3) is 5.91 Å². The lowest BCUT2D eigenvalue weighted by Gasteiger charge is -2.22. The summed E-state index contributed by atoms with van der Waals surface area (Å²) in [5, 5.41) is 7.03. The van der Waals surface area contributed by atoms with Gasteiger partial charge in [-0.3, -0.25) is 9.48 Å². The third-order valence-electron chi connectivity index (χ3n) is 4.45. The number of hydrogen-bond donors (Lipinski definition) is 1. The summed E-state index contributed by atoms with van der Waals surface area (Å²) in [6.45, 7) is 1.45. The van der Waals surface area contributed by atoms with Crippen molar-refractivity contribution in [2.75, 3.05) is 26.0 Å². The summed E-state index contributed by atoms with van der Waals surface area (Å²) in [4.78, 5) is 12.5. The van der Waals surface area contributed by atoms with Crippen molar-refractivity contribution in [3.63, 3.8) is 0 Å². The Hall–Kier alpha value is -2.23. The van der Waals surface area contributed by atoms with Crippen LogP contribution in [0.4, 0.5) is 5.69 Å². The summed E-state index contributed by atoms with van der Waals surface area (Å²) in [6.07, 6.45) is 6.80. The Labute approximate surface area is 159 Å². The second kappa shape index (κ2) is 8.20. The molecule has 9 heteroatoms. The molecule has 1 N–H and O–H groups in total. The van der Waals surface area contributed by atoms with Gasteiger partial charge >= 0.3 is 0 Å². The highest BCUT2D eigenvalue weighted by Crippen LogP contribution is 2.17. The fourth-order valence-electron chi connectivity index (χ4n) is 2.88. The molecule has 1 aliphatic rings. The van der Waals surface area contributed by atoms with Gasteiger partial charge in [-0.15, -0.1) is 0 Å². The molecule has 8 nitrogen and oxygen atoms in total. The second-order valence-electron chi connectivity index (χ2n) is 6.71. The van der Waals surface area contributed by atoms with E-state index in [1.807, 2.05) is 0 Å². The molecule has 1 amide bonds. The van der Waals surface area contributed by atoms with Gasteiger partial charge in [0.1, 0.15) is 0 Å². The first-order chi connectivity index (χ1) is 12.9. The number of aromatic nitrogens is 2. The molecule has 0 saturated carbocycles. The maximum Gasteiger partial charge on any atom is 0.255 e. The molecule has 1 fully saturated rings. The second-order valence-corrected chi connectivity index (χ2v) is 8.86. The van der Waals surface area contributed by atoms with Gasteiger partial charge in [-0.05, 0) is 43.5 Å². The fraction of sp³-hybridized carbons (Fsp3) is 0.444. The fourth-order valence-corrected chi connectivity index (χ4v) is 3.78. The lowest BCUT2D eigenvalue weighted by Crippen LogP contribution is -2.24. The number of amides is 1. The molecule has 1 aromatic heterocycles. The first kappa shape index (κ1) is 19.5. The number of nitrogens with one attached hydrogen (secondary N) is 1. The van der Waals surface area contributed by atoms with Crippen LogP contribution in [0.5, 0.6) is 0 Å². The predicted octanol–water partition coefficient (Wildman–Crippen LogP) is 1.95. The van der Waals surface area contributed by atoms with Crippen molar-refractivity contribution in [1.29, 1.82) is 0 Å². The molecular formula is C18H24N4O4S. The monoisotopic (exact) mass is 392 g/mol. The van der Waals surface area contributed by atoms with Crippen LogP contribution >= 0.6 is 0 Å². The molecule has 3 rings (SSSR count). The number of rotatable bonds is 6. The van der Waals surface area contributed by atoms with Crippen LogP contribution in [0, 0.1) is 0 Å². The molecule has 0 bridgehead atoms. The Morgan fingerprint density at radius 3 is 2.67 bits per heavy atom. The van der Waals surface area contributed by atoms with E-state index in [1.54, 1.807) is 17.1 Å². The molecule has 1 aromatic carbocycles. The number of carbonyl (C=O) groups is 1. The highest BCUT2D eigenvalue weighted by Gasteiger charge is 2.18. The minimum Gasteiger partial charge on any atom is -0.376 e. The number of anilines is 1. The maximum atomic E-state index is 12.4. The Morgan fingerprint density at radius 1 is 1.30 bits per heavy atom. The Bertz CT molecular complexity index is 884. The molecule has 0 radical (unpaired) electrons. The molecule has 146 valence electrons. The molecule has 0 spiro atoms. The van der Waals surface area contributed by atoms with E-state index in [4.69, 9.17) is 4.74 Å². The molecule has 1 unspecified atom stereocenters. The summed E-state index contributed by atoms with van der Waals surface area (Å²) in [5.41, 5.74) is 0.955. The summed E-state index contributed by atoms with van der Waals surface area (Å²) >= 11 is 0. The maximum absolute atomic E-state index is 12.4. The Kier molecular flexibility index (Phi) is 5.93. The van der Waals surface area contributed by atoms with Gasteiger partial charge in [0.05, 0.1) is 29.4 Å². The molecule has 27 heavy (non-hydrogen) atoms. The van der Waals surface area contributed by atoms with Gasteiger partial charge < -0.3 is 10.1 Å². The molecule has 1 aliphatic heterocycles. The highest BCUT2D eigenvalue weighted by atomic mass is 32.2. The zero-order valence-electron chi connectivity index (χ0n) is 15.5. The third-order valence-corrected chi connectivity index (χ3v) is 6.28. The van der Waals surface area contributed by atoms with Crippen molar-refractivity contribution in [2.24, 2.45) is 0 Å². The number of sulfonamides is 1. The van der Waals surface area contributed by atoms with Crippen LogP contribution in [0.1, 0.15) is 29.6 Å². The van der Waals surface area contributed by atoms with Gasteiger partial charge in [0.15, 0.2) is 0 Å². The van der Waals surface area contributed by atoms with Crippen molar-refractivity contribution in [3.05, 3.63) is 42.2 Å². The molecule has 2 aromatic rings. The number of nitrogens with zero attached hydrogens (tertiary/aromatic N) is 3. The number of hydrogen-bond acceptors (Lipinski definition) is 5. The minimum absolute atomic E-state index is 0.143. The van der Waals surface area contributed by atoms with E-state index >= 15 is 0 Å². The largest absolute Gasteiger partial charge is 0.376 e. The number of benzene rings is 1. The normalized spacial score (nSPS) is 17.8. The van der Waals surface area contributed by atoms with Crippen molar-refractivity contribution in [2.45, 2.75) is 36.8 Å². The molecule has 0 aliphatic carbocycles. The van der Waals surface area contributed by atoms with E-state index in [1.165, 1.54) is 38.4 Å². The first-order valence-electron chi connectivity index (χ1n) is 8.84. The van der Waals surface area contributed by atoms with E-state index in [9.17, 15) is 13.2 Å². The van der Waals surface area contributed by atoms with Crippen molar-refractivity contribution >= 4 is 21.6 Å².